The summed E-state index contributed by atoms with van der Waals surface area (Å²) in [7, 11) is 1.70. The number of carbonyl (C=O) groups excluding carboxylic acids is 2. The number of hydrogen-bond acceptors (Lipinski definition) is 5. The number of likely N-dealkylation sites (N-methyl/N-ethyl adjacent to an activating group) is 1. The van der Waals surface area contributed by atoms with E-state index in [-0.39, 0.29) is 24.9 Å². The summed E-state index contributed by atoms with van der Waals surface area (Å²) in [5.74, 6) is -0.662. The Morgan fingerprint density at radius 1 is 1.23 bits per heavy atom. The predicted octanol–water partition coefficient (Wildman–Crippen LogP) is 0.829. The Hall–Kier alpha value is -2.03. The van der Waals surface area contributed by atoms with Crippen molar-refractivity contribution in [1.29, 1.82) is 0 Å². The molecular formula is C18H24FN5O2. The lowest BCUT2D eigenvalue weighted by molar-refractivity contribution is -0.140. The number of urea groups is 1. The fraction of sp³-hybridized carbons (Fsp3) is 0.556. The Morgan fingerprint density at radius 3 is 2.73 bits per heavy atom. The van der Waals surface area contributed by atoms with Gasteiger partial charge in [0.15, 0.2) is 0 Å². The van der Waals surface area contributed by atoms with E-state index in [0.717, 1.165) is 26.1 Å². The topological polar surface area (TPSA) is 59.1 Å². The smallest absolute Gasteiger partial charge is 0.310 e. The highest BCUT2D eigenvalue weighted by Gasteiger charge is 2.55. The maximum absolute atomic E-state index is 14.0. The third-order valence-corrected chi connectivity index (χ3v) is 5.66. The molecule has 140 valence electrons. The van der Waals surface area contributed by atoms with E-state index in [4.69, 9.17) is 0 Å². The average Bonchev–Trinajstić information content (AvgIpc) is 3.04. The van der Waals surface area contributed by atoms with Gasteiger partial charge in [0, 0.05) is 25.7 Å². The maximum atomic E-state index is 14.0. The first-order valence-corrected chi connectivity index (χ1v) is 9.10. The molecule has 3 amide bonds. The highest BCUT2D eigenvalue weighted by molar-refractivity contribution is 6.00. The van der Waals surface area contributed by atoms with Gasteiger partial charge in [-0.3, -0.25) is 24.8 Å². The zero-order valence-corrected chi connectivity index (χ0v) is 15.1. The number of nitrogens with zero attached hydrogens (tertiary/aromatic N) is 4. The number of benzene rings is 1. The molecule has 0 spiro atoms. The zero-order chi connectivity index (χ0) is 18.4. The first kappa shape index (κ1) is 17.4. The molecule has 3 atom stereocenters. The third-order valence-electron chi connectivity index (χ3n) is 5.66. The van der Waals surface area contributed by atoms with Gasteiger partial charge in [0.05, 0.1) is 6.54 Å². The summed E-state index contributed by atoms with van der Waals surface area (Å²) in [4.78, 5) is 33.1. The van der Waals surface area contributed by atoms with E-state index in [0.29, 0.717) is 5.56 Å². The van der Waals surface area contributed by atoms with Gasteiger partial charge in [-0.05, 0) is 19.0 Å². The van der Waals surface area contributed by atoms with Gasteiger partial charge in [0.2, 0.25) is 0 Å². The molecule has 3 fully saturated rings. The molecule has 8 heteroatoms. The van der Waals surface area contributed by atoms with Gasteiger partial charge in [0.1, 0.15) is 24.3 Å². The molecule has 4 rings (SSSR count). The van der Waals surface area contributed by atoms with Gasteiger partial charge >= 0.3 is 6.03 Å². The van der Waals surface area contributed by atoms with Crippen LogP contribution in [0.25, 0.3) is 0 Å². The lowest BCUT2D eigenvalue weighted by Gasteiger charge is -2.43. The fourth-order valence-corrected chi connectivity index (χ4v) is 4.27. The van der Waals surface area contributed by atoms with Gasteiger partial charge in [0.25, 0.3) is 5.91 Å². The molecule has 1 N–H and O–H groups in total. The van der Waals surface area contributed by atoms with Crippen LogP contribution in [-0.2, 0) is 11.3 Å². The lowest BCUT2D eigenvalue weighted by atomic mass is 10.1. The normalized spacial score (nSPS) is 29.9. The van der Waals surface area contributed by atoms with Crippen LogP contribution in [-0.4, -0.2) is 76.7 Å². The van der Waals surface area contributed by atoms with Crippen molar-refractivity contribution in [3.05, 3.63) is 35.6 Å². The van der Waals surface area contributed by atoms with Crippen LogP contribution in [0.3, 0.4) is 0 Å². The van der Waals surface area contributed by atoms with Crippen molar-refractivity contribution < 1.29 is 14.0 Å². The van der Waals surface area contributed by atoms with Crippen LogP contribution in [0, 0.1) is 5.82 Å². The van der Waals surface area contributed by atoms with Gasteiger partial charge in [-0.15, -0.1) is 0 Å². The number of hydrogen-bond donors (Lipinski definition) is 1. The summed E-state index contributed by atoms with van der Waals surface area (Å²) in [5.41, 5.74) is 0.345. The summed E-state index contributed by atoms with van der Waals surface area (Å²) in [6.45, 7) is 4.69. The number of carbonyl (C=O) groups is 2. The summed E-state index contributed by atoms with van der Waals surface area (Å²) >= 11 is 0. The molecule has 1 aromatic rings. The highest BCUT2D eigenvalue weighted by atomic mass is 19.1. The average molecular weight is 361 g/mol. The zero-order valence-electron chi connectivity index (χ0n) is 15.1. The van der Waals surface area contributed by atoms with Crippen LogP contribution in [0.5, 0.6) is 0 Å². The fourth-order valence-electron chi connectivity index (χ4n) is 4.27. The molecule has 0 saturated carbocycles. The van der Waals surface area contributed by atoms with Crippen LogP contribution in [0.4, 0.5) is 9.18 Å². The van der Waals surface area contributed by atoms with Crippen molar-refractivity contribution in [3.63, 3.8) is 0 Å². The molecule has 3 aliphatic rings. The van der Waals surface area contributed by atoms with Crippen molar-refractivity contribution in [2.75, 3.05) is 26.7 Å². The molecule has 0 aromatic heterocycles. The summed E-state index contributed by atoms with van der Waals surface area (Å²) in [6, 6.07) is 5.42. The molecule has 0 aliphatic carbocycles. The summed E-state index contributed by atoms with van der Waals surface area (Å²) in [5, 5.41) is 3.44. The minimum Gasteiger partial charge on any atom is -0.310 e. The molecular weight excluding hydrogens is 337 g/mol. The van der Waals surface area contributed by atoms with Crippen LogP contribution in [0.2, 0.25) is 0 Å². The standard InChI is InChI=1S/C18H24FN5O2/c1-3-22-9-6-10-23-14-15(20-17(22)23)21(2)18(26)24(16(14)25)11-12-7-4-5-8-13(12)19/h4-5,7-8,14-15,17,20H,3,6,9-11H2,1-2H3. The van der Waals surface area contributed by atoms with Crippen LogP contribution >= 0.6 is 0 Å². The van der Waals surface area contributed by atoms with Gasteiger partial charge in [-0.25, -0.2) is 9.18 Å². The molecule has 3 unspecified atom stereocenters. The second-order valence-corrected chi connectivity index (χ2v) is 7.06. The SMILES string of the molecule is CCN1CCCN2C3C(=O)N(Cc4ccccc4F)C(=O)N(C)C3NC12. The number of halogens is 1. The Kier molecular flexibility index (Phi) is 4.42. The van der Waals surface area contributed by atoms with Crippen molar-refractivity contribution in [1.82, 2.24) is 24.9 Å². The Labute approximate surface area is 152 Å². The Balaban J connectivity index is 1.63. The minimum absolute atomic E-state index is 0.0450. The van der Waals surface area contributed by atoms with E-state index >= 15 is 0 Å². The number of imide groups is 1. The van der Waals surface area contributed by atoms with Crippen molar-refractivity contribution in [3.8, 4) is 0 Å². The van der Waals surface area contributed by atoms with E-state index in [1.807, 2.05) is 0 Å². The van der Waals surface area contributed by atoms with Crippen molar-refractivity contribution in [2.45, 2.75) is 38.4 Å². The van der Waals surface area contributed by atoms with Gasteiger partial charge in [-0.1, -0.05) is 25.1 Å². The number of amides is 3. The molecule has 26 heavy (non-hydrogen) atoms. The molecule has 0 radical (unpaired) electrons. The first-order chi connectivity index (χ1) is 12.5. The molecule has 7 nitrogen and oxygen atoms in total. The number of rotatable bonds is 3. The largest absolute Gasteiger partial charge is 0.328 e. The van der Waals surface area contributed by atoms with Crippen LogP contribution in [0.1, 0.15) is 18.9 Å². The second kappa shape index (κ2) is 6.61. The van der Waals surface area contributed by atoms with Crippen LogP contribution < -0.4 is 5.32 Å². The molecule has 3 saturated heterocycles. The van der Waals surface area contributed by atoms with Crippen molar-refractivity contribution in [2.24, 2.45) is 0 Å². The highest BCUT2D eigenvalue weighted by Crippen LogP contribution is 2.31. The second-order valence-electron chi connectivity index (χ2n) is 7.06. The molecule has 1 aromatic carbocycles. The van der Waals surface area contributed by atoms with E-state index < -0.39 is 17.9 Å². The monoisotopic (exact) mass is 361 g/mol. The van der Waals surface area contributed by atoms with Gasteiger partial charge in [-0.2, -0.15) is 0 Å². The van der Waals surface area contributed by atoms with Crippen molar-refractivity contribution >= 4 is 11.9 Å². The summed E-state index contributed by atoms with van der Waals surface area (Å²) in [6.07, 6.45) is 0.577. The predicted molar refractivity (Wildman–Crippen MR) is 93.2 cm³/mol. The summed E-state index contributed by atoms with van der Waals surface area (Å²) < 4.78 is 14.0. The first-order valence-electron chi connectivity index (χ1n) is 9.10. The van der Waals surface area contributed by atoms with Crippen LogP contribution in [0.15, 0.2) is 24.3 Å². The van der Waals surface area contributed by atoms with Gasteiger partial charge < -0.3 is 4.90 Å². The molecule has 0 bridgehead atoms. The van der Waals surface area contributed by atoms with E-state index in [1.165, 1.54) is 11.0 Å². The Morgan fingerprint density at radius 2 is 2.00 bits per heavy atom. The van der Waals surface area contributed by atoms with E-state index in [2.05, 4.69) is 22.0 Å². The molecule has 3 heterocycles. The lowest BCUT2D eigenvalue weighted by Crippen LogP contribution is -2.66. The van der Waals surface area contributed by atoms with E-state index in [9.17, 15) is 14.0 Å². The van der Waals surface area contributed by atoms with E-state index in [1.54, 1.807) is 30.1 Å². The molecule has 3 aliphatic heterocycles. The quantitative estimate of drug-likeness (QED) is 0.864. The number of fused-ring (bicyclic) bond motifs is 3. The minimum atomic E-state index is -0.441. The Bertz CT molecular complexity index is 729. The number of nitrogens with one attached hydrogen (secondary N) is 1. The maximum Gasteiger partial charge on any atom is 0.328 e. The third kappa shape index (κ3) is 2.60.